The molecular formula is C13H20FN. The van der Waals surface area contributed by atoms with E-state index < -0.39 is 0 Å². The molecule has 0 bridgehead atoms. The zero-order valence-electron chi connectivity index (χ0n) is 10.0. The molecule has 0 unspecified atom stereocenters. The van der Waals surface area contributed by atoms with E-state index in [4.69, 9.17) is 0 Å². The van der Waals surface area contributed by atoms with Crippen LogP contribution in [0.3, 0.4) is 0 Å². The van der Waals surface area contributed by atoms with Crippen molar-refractivity contribution in [3.05, 3.63) is 35.1 Å². The van der Waals surface area contributed by atoms with Gasteiger partial charge in [0.15, 0.2) is 0 Å². The lowest BCUT2D eigenvalue weighted by atomic mass is 10.0. The Bertz CT molecular complexity index is 331. The Kier molecular flexibility index (Phi) is 3.86. The minimum absolute atomic E-state index is 0.131. The zero-order chi connectivity index (χ0) is 11.5. The monoisotopic (exact) mass is 209 g/mol. The fourth-order valence-electron chi connectivity index (χ4n) is 1.28. The third kappa shape index (κ3) is 3.63. The number of aryl methyl sites for hydroxylation is 1. The molecule has 0 saturated carbocycles. The quantitative estimate of drug-likeness (QED) is 0.801. The molecule has 0 aliphatic carbocycles. The molecule has 15 heavy (non-hydrogen) atoms. The Morgan fingerprint density at radius 3 is 2.53 bits per heavy atom. The smallest absolute Gasteiger partial charge is 0.126 e. The molecule has 0 aliphatic rings. The fourth-order valence-corrected chi connectivity index (χ4v) is 1.28. The van der Waals surface area contributed by atoms with Crippen LogP contribution in [-0.2, 0) is 6.54 Å². The van der Waals surface area contributed by atoms with Crippen LogP contribution >= 0.6 is 0 Å². The molecule has 0 spiro atoms. The van der Waals surface area contributed by atoms with E-state index in [0.29, 0.717) is 5.56 Å². The van der Waals surface area contributed by atoms with Crippen molar-refractivity contribution < 1.29 is 4.39 Å². The van der Waals surface area contributed by atoms with Gasteiger partial charge in [0.2, 0.25) is 0 Å². The molecule has 0 saturated heterocycles. The van der Waals surface area contributed by atoms with Gasteiger partial charge < -0.3 is 5.32 Å². The number of hydrogen-bond donors (Lipinski definition) is 1. The minimum atomic E-state index is -0.131. The fraction of sp³-hybridized carbons (Fsp3) is 0.538. The second-order valence-electron chi connectivity index (χ2n) is 4.67. The summed E-state index contributed by atoms with van der Waals surface area (Å²) in [6, 6.07) is 5.26. The maximum atomic E-state index is 13.0. The van der Waals surface area contributed by atoms with Crippen LogP contribution in [0.4, 0.5) is 4.39 Å². The number of benzene rings is 1. The SMILES string of the molecule is CCC(C)(C)NCc1ccc(F)c(C)c1. The first-order valence-electron chi connectivity index (χ1n) is 5.44. The van der Waals surface area contributed by atoms with Gasteiger partial charge in [-0.15, -0.1) is 0 Å². The van der Waals surface area contributed by atoms with E-state index in [0.717, 1.165) is 18.5 Å². The van der Waals surface area contributed by atoms with Crippen molar-refractivity contribution in [3.63, 3.8) is 0 Å². The molecule has 1 aromatic carbocycles. The maximum absolute atomic E-state index is 13.0. The predicted octanol–water partition coefficient (Wildman–Crippen LogP) is 3.41. The summed E-state index contributed by atoms with van der Waals surface area (Å²) >= 11 is 0. The number of rotatable bonds is 4. The molecule has 0 aliphatic heterocycles. The minimum Gasteiger partial charge on any atom is -0.308 e. The van der Waals surface area contributed by atoms with Crippen molar-refractivity contribution in [2.75, 3.05) is 0 Å². The van der Waals surface area contributed by atoms with Gasteiger partial charge in [0.1, 0.15) is 5.82 Å². The number of halogens is 1. The molecule has 1 N–H and O–H groups in total. The molecule has 0 radical (unpaired) electrons. The van der Waals surface area contributed by atoms with E-state index in [1.165, 1.54) is 6.07 Å². The lowest BCUT2D eigenvalue weighted by Gasteiger charge is -2.24. The Morgan fingerprint density at radius 1 is 1.33 bits per heavy atom. The first-order valence-corrected chi connectivity index (χ1v) is 5.44. The number of hydrogen-bond acceptors (Lipinski definition) is 1. The van der Waals surface area contributed by atoms with Gasteiger partial charge in [0.25, 0.3) is 0 Å². The molecule has 0 fully saturated rings. The molecule has 0 amide bonds. The highest BCUT2D eigenvalue weighted by Gasteiger charge is 2.13. The first kappa shape index (κ1) is 12.2. The van der Waals surface area contributed by atoms with E-state index in [2.05, 4.69) is 26.1 Å². The summed E-state index contributed by atoms with van der Waals surface area (Å²) < 4.78 is 13.0. The standard InChI is InChI=1S/C13H20FN/c1-5-13(3,4)15-9-11-6-7-12(14)10(2)8-11/h6-8,15H,5,9H2,1-4H3. The average molecular weight is 209 g/mol. The third-order valence-electron chi connectivity index (χ3n) is 2.88. The van der Waals surface area contributed by atoms with Gasteiger partial charge in [-0.2, -0.15) is 0 Å². The van der Waals surface area contributed by atoms with E-state index >= 15 is 0 Å². The van der Waals surface area contributed by atoms with Crippen LogP contribution in [0, 0.1) is 12.7 Å². The Hall–Kier alpha value is -0.890. The maximum Gasteiger partial charge on any atom is 0.126 e. The summed E-state index contributed by atoms with van der Waals surface area (Å²) in [6.07, 6.45) is 1.08. The van der Waals surface area contributed by atoms with Gasteiger partial charge in [0, 0.05) is 12.1 Å². The summed E-state index contributed by atoms with van der Waals surface area (Å²) in [5.74, 6) is -0.131. The van der Waals surface area contributed by atoms with Crippen molar-refractivity contribution in [2.24, 2.45) is 0 Å². The van der Waals surface area contributed by atoms with Gasteiger partial charge in [-0.05, 0) is 44.4 Å². The third-order valence-corrected chi connectivity index (χ3v) is 2.88. The Balaban J connectivity index is 2.62. The Morgan fingerprint density at radius 2 is 2.00 bits per heavy atom. The summed E-state index contributed by atoms with van der Waals surface area (Å²) in [5, 5.41) is 3.45. The van der Waals surface area contributed by atoms with Crippen molar-refractivity contribution in [1.29, 1.82) is 0 Å². The van der Waals surface area contributed by atoms with Crippen LogP contribution in [0.15, 0.2) is 18.2 Å². The van der Waals surface area contributed by atoms with Crippen LogP contribution in [-0.4, -0.2) is 5.54 Å². The average Bonchev–Trinajstić information content (AvgIpc) is 2.20. The summed E-state index contributed by atoms with van der Waals surface area (Å²) in [6.45, 7) is 9.08. The van der Waals surface area contributed by atoms with Crippen LogP contribution in [0.2, 0.25) is 0 Å². The predicted molar refractivity (Wildman–Crippen MR) is 62.3 cm³/mol. The van der Waals surface area contributed by atoms with Crippen molar-refractivity contribution in [1.82, 2.24) is 5.32 Å². The summed E-state index contributed by atoms with van der Waals surface area (Å²) in [7, 11) is 0. The summed E-state index contributed by atoms with van der Waals surface area (Å²) in [4.78, 5) is 0. The summed E-state index contributed by atoms with van der Waals surface area (Å²) in [5.41, 5.74) is 1.99. The van der Waals surface area contributed by atoms with Gasteiger partial charge in [0.05, 0.1) is 0 Å². The highest BCUT2D eigenvalue weighted by atomic mass is 19.1. The van der Waals surface area contributed by atoms with Gasteiger partial charge >= 0.3 is 0 Å². The van der Waals surface area contributed by atoms with Gasteiger partial charge in [-0.3, -0.25) is 0 Å². The molecule has 0 heterocycles. The van der Waals surface area contributed by atoms with Crippen LogP contribution < -0.4 is 5.32 Å². The molecule has 2 heteroatoms. The second kappa shape index (κ2) is 4.75. The highest BCUT2D eigenvalue weighted by Crippen LogP contribution is 2.12. The van der Waals surface area contributed by atoms with Gasteiger partial charge in [-0.25, -0.2) is 4.39 Å². The molecule has 84 valence electrons. The molecule has 0 aromatic heterocycles. The van der Waals surface area contributed by atoms with Gasteiger partial charge in [-0.1, -0.05) is 19.1 Å². The van der Waals surface area contributed by atoms with E-state index in [9.17, 15) is 4.39 Å². The van der Waals surface area contributed by atoms with Crippen LogP contribution in [0.1, 0.15) is 38.3 Å². The van der Waals surface area contributed by atoms with Crippen LogP contribution in [0.5, 0.6) is 0 Å². The van der Waals surface area contributed by atoms with E-state index in [-0.39, 0.29) is 11.4 Å². The van der Waals surface area contributed by atoms with Crippen LogP contribution in [0.25, 0.3) is 0 Å². The van der Waals surface area contributed by atoms with E-state index in [1.807, 2.05) is 12.1 Å². The van der Waals surface area contributed by atoms with E-state index in [1.54, 1.807) is 6.92 Å². The normalized spacial score (nSPS) is 11.8. The molecule has 1 aromatic rings. The zero-order valence-corrected chi connectivity index (χ0v) is 10.0. The van der Waals surface area contributed by atoms with Crippen molar-refractivity contribution >= 4 is 0 Å². The highest BCUT2D eigenvalue weighted by molar-refractivity contribution is 5.23. The first-order chi connectivity index (χ1) is 6.94. The number of nitrogens with one attached hydrogen (secondary N) is 1. The Labute approximate surface area is 91.7 Å². The molecule has 1 nitrogen and oxygen atoms in total. The molecule has 1 rings (SSSR count). The van der Waals surface area contributed by atoms with Crippen molar-refractivity contribution in [3.8, 4) is 0 Å². The molecule has 0 atom stereocenters. The van der Waals surface area contributed by atoms with Crippen molar-refractivity contribution in [2.45, 2.75) is 46.2 Å². The lowest BCUT2D eigenvalue weighted by Crippen LogP contribution is -2.37. The topological polar surface area (TPSA) is 12.0 Å². The lowest BCUT2D eigenvalue weighted by molar-refractivity contribution is 0.374. The largest absolute Gasteiger partial charge is 0.308 e. The molecular weight excluding hydrogens is 189 g/mol. The second-order valence-corrected chi connectivity index (χ2v) is 4.67.